The van der Waals surface area contributed by atoms with Gasteiger partial charge in [0.2, 0.25) is 15.8 Å². The van der Waals surface area contributed by atoms with Crippen LogP contribution in [0.3, 0.4) is 0 Å². The van der Waals surface area contributed by atoms with E-state index in [9.17, 15) is 22.0 Å². The molecular formula is C24H21F2N5O3S. The predicted octanol–water partition coefficient (Wildman–Crippen LogP) is 3.26. The molecule has 0 aliphatic heterocycles. The number of halogens is 2. The zero-order valence-electron chi connectivity index (χ0n) is 18.6. The Hall–Kier alpha value is -3.96. The lowest BCUT2D eigenvalue weighted by Crippen LogP contribution is -2.25. The van der Waals surface area contributed by atoms with Gasteiger partial charge in [-0.2, -0.15) is 0 Å². The second-order valence-corrected chi connectivity index (χ2v) is 9.42. The average Bonchev–Trinajstić information content (AvgIpc) is 3.24. The second-order valence-electron chi connectivity index (χ2n) is 7.66. The SMILES string of the molecule is Cc1nc(C(=O)NCc2cccc(S(=O)(=O)NCc3cccc(F)c3)c2)nn1-c1ccc(F)cc1. The van der Waals surface area contributed by atoms with Gasteiger partial charge in [-0.05, 0) is 66.6 Å². The van der Waals surface area contributed by atoms with Crippen molar-refractivity contribution in [3.05, 3.63) is 107 Å². The average molecular weight is 498 g/mol. The minimum absolute atomic E-state index is 0.00945. The number of hydrogen-bond donors (Lipinski definition) is 2. The molecule has 2 N–H and O–H groups in total. The van der Waals surface area contributed by atoms with Gasteiger partial charge in [-0.1, -0.05) is 24.3 Å². The minimum Gasteiger partial charge on any atom is -0.345 e. The highest BCUT2D eigenvalue weighted by Gasteiger charge is 2.17. The molecule has 0 spiro atoms. The highest BCUT2D eigenvalue weighted by Crippen LogP contribution is 2.14. The first kappa shape index (κ1) is 24.2. The molecule has 0 saturated carbocycles. The summed E-state index contributed by atoms with van der Waals surface area (Å²) in [6.07, 6.45) is 0. The fourth-order valence-electron chi connectivity index (χ4n) is 3.31. The number of benzene rings is 3. The molecule has 0 fully saturated rings. The molecule has 3 aromatic carbocycles. The smallest absolute Gasteiger partial charge is 0.291 e. The van der Waals surface area contributed by atoms with Crippen molar-refractivity contribution in [1.29, 1.82) is 0 Å². The van der Waals surface area contributed by atoms with Crippen molar-refractivity contribution >= 4 is 15.9 Å². The van der Waals surface area contributed by atoms with E-state index < -0.39 is 27.6 Å². The van der Waals surface area contributed by atoms with Gasteiger partial charge in [0.1, 0.15) is 17.5 Å². The summed E-state index contributed by atoms with van der Waals surface area (Å²) in [6.45, 7) is 1.64. The maximum atomic E-state index is 13.3. The van der Waals surface area contributed by atoms with E-state index in [4.69, 9.17) is 0 Å². The molecule has 11 heteroatoms. The van der Waals surface area contributed by atoms with E-state index in [2.05, 4.69) is 20.1 Å². The molecule has 0 aliphatic carbocycles. The first-order chi connectivity index (χ1) is 16.7. The van der Waals surface area contributed by atoms with Crippen LogP contribution in [0.25, 0.3) is 5.69 Å². The lowest BCUT2D eigenvalue weighted by atomic mass is 10.2. The molecule has 0 atom stereocenters. The predicted molar refractivity (Wildman–Crippen MR) is 124 cm³/mol. The number of amides is 1. The Morgan fingerprint density at radius 1 is 0.914 bits per heavy atom. The van der Waals surface area contributed by atoms with E-state index >= 15 is 0 Å². The number of nitrogens with one attached hydrogen (secondary N) is 2. The van der Waals surface area contributed by atoms with Crippen LogP contribution in [-0.4, -0.2) is 29.1 Å². The number of carbonyl (C=O) groups excluding carboxylic acids is 1. The monoisotopic (exact) mass is 497 g/mol. The molecule has 4 aromatic rings. The third-order valence-corrected chi connectivity index (χ3v) is 6.46. The van der Waals surface area contributed by atoms with Crippen LogP contribution in [0.15, 0.2) is 77.7 Å². The second kappa shape index (κ2) is 10.1. The lowest BCUT2D eigenvalue weighted by Gasteiger charge is -2.09. The molecule has 0 radical (unpaired) electrons. The van der Waals surface area contributed by atoms with Crippen LogP contribution in [0.4, 0.5) is 8.78 Å². The van der Waals surface area contributed by atoms with Crippen LogP contribution in [0.5, 0.6) is 0 Å². The van der Waals surface area contributed by atoms with E-state index in [1.165, 1.54) is 59.3 Å². The highest BCUT2D eigenvalue weighted by molar-refractivity contribution is 7.89. The first-order valence-electron chi connectivity index (χ1n) is 10.5. The maximum absolute atomic E-state index is 13.3. The minimum atomic E-state index is -3.86. The Morgan fingerprint density at radius 3 is 2.31 bits per heavy atom. The van der Waals surface area contributed by atoms with Gasteiger partial charge in [0.25, 0.3) is 5.91 Å². The Balaban J connectivity index is 1.41. The largest absolute Gasteiger partial charge is 0.345 e. The number of sulfonamides is 1. The maximum Gasteiger partial charge on any atom is 0.291 e. The fourth-order valence-corrected chi connectivity index (χ4v) is 4.39. The molecule has 0 saturated heterocycles. The number of carbonyl (C=O) groups is 1. The van der Waals surface area contributed by atoms with Gasteiger partial charge in [0, 0.05) is 13.1 Å². The van der Waals surface area contributed by atoms with E-state index in [-0.39, 0.29) is 23.8 Å². The van der Waals surface area contributed by atoms with Gasteiger partial charge in [0.05, 0.1) is 10.6 Å². The zero-order valence-corrected chi connectivity index (χ0v) is 19.4. The molecule has 1 heterocycles. The van der Waals surface area contributed by atoms with Gasteiger partial charge in [0.15, 0.2) is 0 Å². The summed E-state index contributed by atoms with van der Waals surface area (Å²) in [6, 6.07) is 17.3. The van der Waals surface area contributed by atoms with E-state index in [1.54, 1.807) is 25.1 Å². The van der Waals surface area contributed by atoms with Crippen LogP contribution in [0.1, 0.15) is 27.6 Å². The number of hydrogen-bond acceptors (Lipinski definition) is 5. The van der Waals surface area contributed by atoms with Gasteiger partial charge < -0.3 is 5.32 Å². The molecule has 0 unspecified atom stereocenters. The topological polar surface area (TPSA) is 106 Å². The van der Waals surface area contributed by atoms with Crippen LogP contribution in [0, 0.1) is 18.6 Å². The van der Waals surface area contributed by atoms with E-state index in [0.29, 0.717) is 22.6 Å². The van der Waals surface area contributed by atoms with Crippen molar-refractivity contribution in [1.82, 2.24) is 24.8 Å². The van der Waals surface area contributed by atoms with Crippen LogP contribution < -0.4 is 10.0 Å². The summed E-state index contributed by atoms with van der Waals surface area (Å²) in [5.74, 6) is -1.03. The zero-order chi connectivity index (χ0) is 25.0. The van der Waals surface area contributed by atoms with Gasteiger partial charge in [-0.15, -0.1) is 5.10 Å². The molecule has 1 amide bonds. The Labute approximate surface area is 200 Å². The summed E-state index contributed by atoms with van der Waals surface area (Å²) in [5.41, 5.74) is 1.58. The van der Waals surface area contributed by atoms with Gasteiger partial charge >= 0.3 is 0 Å². The fraction of sp³-hybridized carbons (Fsp3) is 0.125. The summed E-state index contributed by atoms with van der Waals surface area (Å²) in [4.78, 5) is 16.7. The summed E-state index contributed by atoms with van der Waals surface area (Å²) < 4.78 is 55.7. The number of nitrogens with zero attached hydrogens (tertiary/aromatic N) is 3. The van der Waals surface area contributed by atoms with Crippen molar-refractivity contribution < 1.29 is 22.0 Å². The van der Waals surface area contributed by atoms with Crippen molar-refractivity contribution in [3.8, 4) is 5.69 Å². The van der Waals surface area contributed by atoms with Crippen molar-refractivity contribution in [2.45, 2.75) is 24.9 Å². The van der Waals surface area contributed by atoms with E-state index in [0.717, 1.165) is 0 Å². The standard InChI is InChI=1S/C24H21F2N5O3S/c1-16-29-23(30-31(16)21-10-8-19(25)9-11-21)24(32)27-14-18-5-3-7-22(13-18)35(33,34)28-15-17-4-2-6-20(26)12-17/h2-13,28H,14-15H2,1H3,(H,27,32). The summed E-state index contributed by atoms with van der Waals surface area (Å²) in [7, 11) is -3.86. The van der Waals surface area contributed by atoms with Crippen molar-refractivity contribution in [2.75, 3.05) is 0 Å². The van der Waals surface area contributed by atoms with E-state index in [1.807, 2.05) is 0 Å². The molecule has 0 bridgehead atoms. The summed E-state index contributed by atoms with van der Waals surface area (Å²) in [5, 5.41) is 6.84. The molecule has 4 rings (SSSR count). The Kier molecular flexibility index (Phi) is 6.99. The van der Waals surface area contributed by atoms with Gasteiger partial charge in [-0.3, -0.25) is 4.79 Å². The number of aromatic nitrogens is 3. The Bertz CT molecular complexity index is 1470. The molecular weight excluding hydrogens is 476 g/mol. The van der Waals surface area contributed by atoms with Crippen LogP contribution in [0.2, 0.25) is 0 Å². The van der Waals surface area contributed by atoms with Gasteiger partial charge in [-0.25, -0.2) is 31.6 Å². The first-order valence-corrected chi connectivity index (χ1v) is 12.0. The van der Waals surface area contributed by atoms with Crippen molar-refractivity contribution in [3.63, 3.8) is 0 Å². The quantitative estimate of drug-likeness (QED) is 0.389. The molecule has 35 heavy (non-hydrogen) atoms. The summed E-state index contributed by atoms with van der Waals surface area (Å²) >= 11 is 0. The highest BCUT2D eigenvalue weighted by atomic mass is 32.2. The number of rotatable bonds is 8. The molecule has 0 aliphatic rings. The lowest BCUT2D eigenvalue weighted by molar-refractivity contribution is 0.0940. The normalized spacial score (nSPS) is 11.4. The Morgan fingerprint density at radius 2 is 1.60 bits per heavy atom. The number of aryl methyl sites for hydroxylation is 1. The third kappa shape index (κ3) is 5.94. The third-order valence-electron chi connectivity index (χ3n) is 5.06. The molecule has 180 valence electrons. The van der Waals surface area contributed by atoms with Crippen LogP contribution >= 0.6 is 0 Å². The van der Waals surface area contributed by atoms with Crippen molar-refractivity contribution in [2.24, 2.45) is 0 Å². The molecule has 8 nitrogen and oxygen atoms in total. The molecule has 1 aromatic heterocycles. The van der Waals surface area contributed by atoms with Crippen LogP contribution in [-0.2, 0) is 23.1 Å².